The van der Waals surface area contributed by atoms with Gasteiger partial charge in [-0.25, -0.2) is 0 Å². The Morgan fingerprint density at radius 3 is 0.833 bits per heavy atom. The van der Waals surface area contributed by atoms with Crippen LogP contribution in [0.1, 0.15) is 244 Å². The first-order valence-corrected chi connectivity index (χ1v) is 27.4. The average molecular weight is 913 g/mol. The highest BCUT2D eigenvalue weighted by Gasteiger charge is 2.41. The Balaban J connectivity index is 1.48. The van der Waals surface area contributed by atoms with E-state index in [1.54, 1.807) is 0 Å². The van der Waals surface area contributed by atoms with Gasteiger partial charge in [-0.15, -0.1) is 0 Å². The standard InChI is InChI=1S/C58H92N2O6/c1-5-9-13-17-21-25-29-33-41-63-49-39-37-47(45-51(49)65-43-35-31-27-23-19-15-11-7-3)55-53-54(58(62)59-55)56(60-57(53)61)48-38-40-50(64-42-34-30-26-22-18-14-10-6-2)52(46-48)66-44-36-32-28-24-20-16-12-8-4/h37-40,45-46H,5-36,41-44H2,1-4H3,(H,59,62)(H,60,61). The Bertz CT molecular complexity index is 1610. The predicted molar refractivity (Wildman–Crippen MR) is 275 cm³/mol. The van der Waals surface area contributed by atoms with Crippen molar-refractivity contribution in [3.63, 3.8) is 0 Å². The monoisotopic (exact) mass is 913 g/mol. The minimum absolute atomic E-state index is 0.304. The third kappa shape index (κ3) is 20.1. The Labute approximate surface area is 402 Å². The molecular formula is C58H92N2O6. The Morgan fingerprint density at radius 2 is 0.561 bits per heavy atom. The molecule has 0 spiro atoms. The van der Waals surface area contributed by atoms with Crippen molar-refractivity contribution in [3.05, 3.63) is 58.7 Å². The highest BCUT2D eigenvalue weighted by Crippen LogP contribution is 2.41. The number of hydrogen-bond donors (Lipinski definition) is 2. The summed E-state index contributed by atoms with van der Waals surface area (Å²) in [5, 5.41) is 6.13. The van der Waals surface area contributed by atoms with Crippen LogP contribution in [0.25, 0.3) is 11.4 Å². The second kappa shape index (κ2) is 34.4. The fourth-order valence-electron chi connectivity index (χ4n) is 9.08. The van der Waals surface area contributed by atoms with Crippen LogP contribution >= 0.6 is 0 Å². The van der Waals surface area contributed by atoms with E-state index in [9.17, 15) is 9.59 Å². The number of benzene rings is 2. The van der Waals surface area contributed by atoms with Crippen LogP contribution in [0.2, 0.25) is 0 Å². The van der Waals surface area contributed by atoms with E-state index in [1.807, 2.05) is 36.4 Å². The molecule has 4 rings (SSSR count). The van der Waals surface area contributed by atoms with Crippen LogP contribution in [0.4, 0.5) is 0 Å². The number of carbonyl (C=O) groups is 2. The van der Waals surface area contributed by atoms with Gasteiger partial charge in [0, 0.05) is 11.1 Å². The van der Waals surface area contributed by atoms with Gasteiger partial charge < -0.3 is 29.6 Å². The largest absolute Gasteiger partial charge is 0.490 e. The van der Waals surface area contributed by atoms with Crippen LogP contribution in [0.15, 0.2) is 47.5 Å². The SMILES string of the molecule is CCCCCCCCCCOc1ccc(C2=C3C(=O)NC(c4ccc(OCCCCCCCCCC)c(OCCCCCCCCCC)c4)=C3C(=O)N2)cc1OCCCCCCCCCC. The van der Waals surface area contributed by atoms with Gasteiger partial charge in [0.15, 0.2) is 23.0 Å². The van der Waals surface area contributed by atoms with E-state index in [-0.39, 0.29) is 11.8 Å². The first-order chi connectivity index (χ1) is 32.5. The van der Waals surface area contributed by atoms with Gasteiger partial charge in [-0.1, -0.05) is 207 Å². The van der Waals surface area contributed by atoms with Gasteiger partial charge >= 0.3 is 0 Å². The van der Waals surface area contributed by atoms with Crippen LogP contribution in [0.5, 0.6) is 23.0 Å². The smallest absolute Gasteiger partial charge is 0.258 e. The second-order valence-corrected chi connectivity index (χ2v) is 19.0. The molecular weight excluding hydrogens is 821 g/mol. The fourth-order valence-corrected chi connectivity index (χ4v) is 9.08. The lowest BCUT2D eigenvalue weighted by molar-refractivity contribution is -0.117. The first kappa shape index (κ1) is 54.7. The van der Waals surface area contributed by atoms with E-state index in [2.05, 4.69) is 38.3 Å². The molecule has 2 aliphatic rings. The lowest BCUT2D eigenvalue weighted by atomic mass is 10.0. The van der Waals surface area contributed by atoms with E-state index >= 15 is 0 Å². The highest BCUT2D eigenvalue weighted by atomic mass is 16.5. The fraction of sp³-hybridized carbons (Fsp3) is 0.690. The van der Waals surface area contributed by atoms with E-state index in [0.29, 0.717) is 83.1 Å². The summed E-state index contributed by atoms with van der Waals surface area (Å²) in [6.07, 6.45) is 39.3. The highest BCUT2D eigenvalue weighted by molar-refractivity contribution is 6.30. The maximum Gasteiger partial charge on any atom is 0.258 e. The molecule has 0 fully saturated rings. The summed E-state index contributed by atoms with van der Waals surface area (Å²) in [4.78, 5) is 27.7. The molecule has 0 aliphatic carbocycles. The molecule has 0 saturated carbocycles. The van der Waals surface area contributed by atoms with E-state index in [4.69, 9.17) is 18.9 Å². The number of carbonyl (C=O) groups excluding carboxylic acids is 2. The number of rotatable bonds is 42. The minimum atomic E-state index is -0.304. The minimum Gasteiger partial charge on any atom is -0.490 e. The molecule has 0 aromatic heterocycles. The predicted octanol–water partition coefficient (Wildman–Crippen LogP) is 16.1. The quantitative estimate of drug-likeness (QED) is 0.0644. The number of fused-ring (bicyclic) bond motifs is 1. The zero-order valence-corrected chi connectivity index (χ0v) is 42.4. The van der Waals surface area contributed by atoms with Gasteiger partial charge in [0.05, 0.1) is 49.0 Å². The molecule has 2 aromatic carbocycles. The van der Waals surface area contributed by atoms with Crippen LogP contribution in [-0.4, -0.2) is 38.2 Å². The van der Waals surface area contributed by atoms with Gasteiger partial charge in [0.1, 0.15) is 0 Å². The number of unbranched alkanes of at least 4 members (excludes halogenated alkanes) is 28. The van der Waals surface area contributed by atoms with E-state index in [0.717, 1.165) is 51.4 Å². The van der Waals surface area contributed by atoms with Crippen molar-refractivity contribution < 1.29 is 28.5 Å². The Hall–Kier alpha value is -3.94. The topological polar surface area (TPSA) is 95.1 Å². The third-order valence-corrected chi connectivity index (χ3v) is 13.2. The summed E-state index contributed by atoms with van der Waals surface area (Å²) < 4.78 is 25.6. The van der Waals surface area contributed by atoms with Crippen molar-refractivity contribution in [2.24, 2.45) is 0 Å². The molecule has 2 heterocycles. The van der Waals surface area contributed by atoms with Crippen LogP contribution in [-0.2, 0) is 9.59 Å². The average Bonchev–Trinajstić information content (AvgIpc) is 3.86. The molecule has 0 atom stereocenters. The molecule has 8 heteroatoms. The van der Waals surface area contributed by atoms with Gasteiger partial charge in [-0.05, 0) is 62.1 Å². The van der Waals surface area contributed by atoms with Crippen LogP contribution in [0, 0.1) is 0 Å². The Morgan fingerprint density at radius 1 is 0.318 bits per heavy atom. The summed E-state index contributed by atoms with van der Waals surface area (Å²) in [7, 11) is 0. The van der Waals surface area contributed by atoms with Crippen molar-refractivity contribution in [1.29, 1.82) is 0 Å². The summed E-state index contributed by atoms with van der Waals surface area (Å²) >= 11 is 0. The number of nitrogens with one attached hydrogen (secondary N) is 2. The molecule has 66 heavy (non-hydrogen) atoms. The summed E-state index contributed by atoms with van der Waals surface area (Å²) in [5.41, 5.74) is 3.13. The molecule has 8 nitrogen and oxygen atoms in total. The normalized spacial score (nSPS) is 13.4. The van der Waals surface area contributed by atoms with Crippen LogP contribution < -0.4 is 29.6 Å². The molecule has 0 radical (unpaired) electrons. The lowest BCUT2D eigenvalue weighted by Crippen LogP contribution is -2.21. The molecule has 370 valence electrons. The molecule has 2 aromatic rings. The number of ether oxygens (including phenoxy) is 4. The summed E-state index contributed by atoms with van der Waals surface area (Å²) in [5.74, 6) is 2.09. The zero-order valence-electron chi connectivity index (χ0n) is 42.4. The summed E-state index contributed by atoms with van der Waals surface area (Å²) in [6.45, 7) is 11.4. The molecule has 2 aliphatic heterocycles. The van der Waals surface area contributed by atoms with Crippen LogP contribution in [0.3, 0.4) is 0 Å². The maximum absolute atomic E-state index is 13.9. The number of amides is 2. The number of hydrogen-bond acceptors (Lipinski definition) is 6. The van der Waals surface area contributed by atoms with Crippen molar-refractivity contribution in [2.75, 3.05) is 26.4 Å². The van der Waals surface area contributed by atoms with Crippen molar-refractivity contribution >= 4 is 23.2 Å². The van der Waals surface area contributed by atoms with Crippen molar-refractivity contribution in [2.45, 2.75) is 233 Å². The Kier molecular flexibility index (Phi) is 28.5. The molecule has 0 unspecified atom stereocenters. The van der Waals surface area contributed by atoms with Crippen molar-refractivity contribution in [3.8, 4) is 23.0 Å². The summed E-state index contributed by atoms with van der Waals surface area (Å²) in [6, 6.07) is 11.6. The zero-order chi connectivity index (χ0) is 46.9. The molecule has 0 bridgehead atoms. The van der Waals surface area contributed by atoms with E-state index in [1.165, 1.54) is 154 Å². The molecule has 2 amide bonds. The molecule has 0 saturated heterocycles. The second-order valence-electron chi connectivity index (χ2n) is 19.0. The third-order valence-electron chi connectivity index (χ3n) is 13.2. The maximum atomic E-state index is 13.9. The van der Waals surface area contributed by atoms with Crippen molar-refractivity contribution in [1.82, 2.24) is 10.6 Å². The first-order valence-electron chi connectivity index (χ1n) is 27.4. The van der Waals surface area contributed by atoms with Gasteiger partial charge in [0.2, 0.25) is 0 Å². The molecule has 2 N–H and O–H groups in total. The van der Waals surface area contributed by atoms with Gasteiger partial charge in [0.25, 0.3) is 11.8 Å². The lowest BCUT2D eigenvalue weighted by Gasteiger charge is -2.16. The van der Waals surface area contributed by atoms with Gasteiger partial charge in [-0.3, -0.25) is 9.59 Å². The van der Waals surface area contributed by atoms with Gasteiger partial charge in [-0.2, -0.15) is 0 Å². The van der Waals surface area contributed by atoms with E-state index < -0.39 is 0 Å².